The SMILES string of the molecule is O=C(COC(=O)C1CCC(N2C(=O)[C@H]3[C@H](C2=O)[C@H]2C=C[C@H]3C2)CC1)c1ccc(F)cc1. The van der Waals surface area contributed by atoms with Crippen molar-refractivity contribution in [1.82, 2.24) is 4.90 Å². The molecule has 1 aromatic rings. The predicted molar refractivity (Wildman–Crippen MR) is 107 cm³/mol. The number of rotatable bonds is 5. The average Bonchev–Trinajstić information content (AvgIpc) is 3.46. The van der Waals surface area contributed by atoms with E-state index in [-0.39, 0.29) is 65.4 Å². The maximum atomic E-state index is 13.0. The van der Waals surface area contributed by atoms with Crippen LogP contribution in [0.4, 0.5) is 4.39 Å². The molecule has 5 rings (SSSR count). The number of fused-ring (bicyclic) bond motifs is 5. The van der Waals surface area contributed by atoms with Crippen LogP contribution in [-0.2, 0) is 19.1 Å². The van der Waals surface area contributed by atoms with Crippen LogP contribution >= 0.6 is 0 Å². The number of hydrogen-bond donors (Lipinski definition) is 0. The summed E-state index contributed by atoms with van der Waals surface area (Å²) in [5.74, 6) is -1.67. The molecule has 1 saturated heterocycles. The average molecular weight is 425 g/mol. The van der Waals surface area contributed by atoms with Gasteiger partial charge in [0, 0.05) is 11.6 Å². The van der Waals surface area contributed by atoms with Crippen molar-refractivity contribution in [2.45, 2.75) is 38.1 Å². The summed E-state index contributed by atoms with van der Waals surface area (Å²) in [7, 11) is 0. The van der Waals surface area contributed by atoms with Crippen molar-refractivity contribution in [3.05, 3.63) is 47.8 Å². The molecule has 2 bridgehead atoms. The van der Waals surface area contributed by atoms with Crippen LogP contribution < -0.4 is 0 Å². The first-order valence-corrected chi connectivity index (χ1v) is 10.9. The van der Waals surface area contributed by atoms with Crippen LogP contribution in [0.15, 0.2) is 36.4 Å². The van der Waals surface area contributed by atoms with Gasteiger partial charge in [-0.25, -0.2) is 4.39 Å². The first kappa shape index (κ1) is 20.1. The van der Waals surface area contributed by atoms with E-state index in [9.17, 15) is 23.6 Å². The highest BCUT2D eigenvalue weighted by atomic mass is 19.1. The molecular weight excluding hydrogens is 401 g/mol. The zero-order valence-corrected chi connectivity index (χ0v) is 17.0. The number of hydrogen-bond acceptors (Lipinski definition) is 5. The van der Waals surface area contributed by atoms with Crippen molar-refractivity contribution in [3.8, 4) is 0 Å². The van der Waals surface area contributed by atoms with E-state index in [0.29, 0.717) is 25.7 Å². The molecule has 4 atom stereocenters. The fourth-order valence-electron chi connectivity index (χ4n) is 5.83. The van der Waals surface area contributed by atoms with Crippen LogP contribution in [0.3, 0.4) is 0 Å². The summed E-state index contributed by atoms with van der Waals surface area (Å²) < 4.78 is 18.2. The Kier molecular flexibility index (Phi) is 4.99. The van der Waals surface area contributed by atoms with Crippen LogP contribution in [0.1, 0.15) is 42.5 Å². The molecule has 0 radical (unpaired) electrons. The van der Waals surface area contributed by atoms with E-state index < -0.39 is 11.8 Å². The highest BCUT2D eigenvalue weighted by Crippen LogP contribution is 2.53. The lowest BCUT2D eigenvalue weighted by Gasteiger charge is -2.33. The number of imide groups is 1. The second kappa shape index (κ2) is 7.70. The van der Waals surface area contributed by atoms with Gasteiger partial charge in [0.15, 0.2) is 12.4 Å². The Bertz CT molecular complexity index is 933. The lowest BCUT2D eigenvalue weighted by Crippen LogP contribution is -2.44. The van der Waals surface area contributed by atoms with Crippen LogP contribution in [0.2, 0.25) is 0 Å². The zero-order valence-electron chi connectivity index (χ0n) is 17.0. The molecule has 162 valence electrons. The number of Topliss-reactive ketones (excluding diaryl/α,β-unsaturated/α-hetero) is 1. The number of ether oxygens (including phenoxy) is 1. The summed E-state index contributed by atoms with van der Waals surface area (Å²) in [6.07, 6.45) is 7.27. The normalized spacial score (nSPS) is 33.6. The van der Waals surface area contributed by atoms with Gasteiger partial charge in [0.25, 0.3) is 0 Å². The third kappa shape index (κ3) is 3.40. The molecule has 0 spiro atoms. The van der Waals surface area contributed by atoms with E-state index in [1.807, 2.05) is 0 Å². The Morgan fingerprint density at radius 1 is 0.935 bits per heavy atom. The van der Waals surface area contributed by atoms with Crippen molar-refractivity contribution in [2.75, 3.05) is 6.61 Å². The molecule has 1 heterocycles. The Balaban J connectivity index is 1.13. The van der Waals surface area contributed by atoms with Crippen molar-refractivity contribution >= 4 is 23.6 Å². The molecule has 4 aliphatic rings. The Morgan fingerprint density at radius 2 is 1.52 bits per heavy atom. The highest BCUT2D eigenvalue weighted by molar-refractivity contribution is 6.06. The third-order valence-corrected chi connectivity index (χ3v) is 7.41. The van der Waals surface area contributed by atoms with Crippen molar-refractivity contribution in [3.63, 3.8) is 0 Å². The van der Waals surface area contributed by atoms with E-state index in [1.165, 1.54) is 29.2 Å². The van der Waals surface area contributed by atoms with Crippen molar-refractivity contribution in [1.29, 1.82) is 0 Å². The molecule has 3 fully saturated rings. The zero-order chi connectivity index (χ0) is 21.7. The quantitative estimate of drug-likeness (QED) is 0.314. The maximum absolute atomic E-state index is 13.0. The van der Waals surface area contributed by atoms with Gasteiger partial charge in [0.1, 0.15) is 5.82 Å². The molecular formula is C24H24FNO5. The first-order valence-electron chi connectivity index (χ1n) is 10.9. The van der Waals surface area contributed by atoms with Gasteiger partial charge < -0.3 is 4.74 Å². The highest BCUT2D eigenvalue weighted by Gasteiger charge is 2.60. The summed E-state index contributed by atoms with van der Waals surface area (Å²) in [6.45, 7) is -0.382. The molecule has 6 nitrogen and oxygen atoms in total. The maximum Gasteiger partial charge on any atom is 0.309 e. The van der Waals surface area contributed by atoms with Crippen molar-refractivity contribution in [2.24, 2.45) is 29.6 Å². The van der Waals surface area contributed by atoms with Gasteiger partial charge in [-0.3, -0.25) is 24.1 Å². The molecule has 1 aliphatic heterocycles. The number of likely N-dealkylation sites (tertiary alicyclic amines) is 1. The van der Waals surface area contributed by atoms with Crippen LogP contribution in [0.5, 0.6) is 0 Å². The largest absolute Gasteiger partial charge is 0.457 e. The first-order chi connectivity index (χ1) is 14.9. The molecule has 1 aromatic carbocycles. The van der Waals surface area contributed by atoms with E-state index in [4.69, 9.17) is 4.74 Å². The lowest BCUT2D eigenvalue weighted by molar-refractivity contribution is -0.149. The Hall–Kier alpha value is -2.83. The smallest absolute Gasteiger partial charge is 0.309 e. The van der Waals surface area contributed by atoms with E-state index in [1.54, 1.807) is 0 Å². The second-order valence-corrected chi connectivity index (χ2v) is 9.09. The number of benzene rings is 1. The number of allylic oxidation sites excluding steroid dienone is 2. The number of nitrogens with zero attached hydrogens (tertiary/aromatic N) is 1. The summed E-state index contributed by atoms with van der Waals surface area (Å²) >= 11 is 0. The third-order valence-electron chi connectivity index (χ3n) is 7.41. The van der Waals surface area contributed by atoms with Gasteiger partial charge >= 0.3 is 5.97 Å². The predicted octanol–water partition coefficient (Wildman–Crippen LogP) is 2.92. The number of carbonyl (C=O) groups excluding carboxylic acids is 4. The molecule has 0 unspecified atom stereocenters. The van der Waals surface area contributed by atoms with Crippen molar-refractivity contribution < 1.29 is 28.3 Å². The fourth-order valence-corrected chi connectivity index (χ4v) is 5.83. The van der Waals surface area contributed by atoms with E-state index in [2.05, 4.69) is 12.2 Å². The monoisotopic (exact) mass is 425 g/mol. The van der Waals surface area contributed by atoms with Gasteiger partial charge in [-0.2, -0.15) is 0 Å². The minimum absolute atomic E-state index is 0.0391. The van der Waals surface area contributed by atoms with Crippen LogP contribution in [0, 0.1) is 35.4 Å². The topological polar surface area (TPSA) is 80.8 Å². The second-order valence-electron chi connectivity index (χ2n) is 9.09. The number of carbonyl (C=O) groups is 4. The molecule has 2 amide bonds. The minimum Gasteiger partial charge on any atom is -0.457 e. The Labute approximate surface area is 179 Å². The number of ketones is 1. The van der Waals surface area contributed by atoms with E-state index in [0.717, 1.165) is 6.42 Å². The van der Waals surface area contributed by atoms with Gasteiger partial charge in [0.05, 0.1) is 17.8 Å². The molecule has 0 aromatic heterocycles. The van der Waals surface area contributed by atoms with Gasteiger partial charge in [0.2, 0.25) is 11.8 Å². The molecule has 3 aliphatic carbocycles. The summed E-state index contributed by atoms with van der Waals surface area (Å²) in [5.41, 5.74) is 0.290. The molecule has 0 N–H and O–H groups in total. The van der Waals surface area contributed by atoms with Gasteiger partial charge in [-0.05, 0) is 68.2 Å². The minimum atomic E-state index is -0.438. The summed E-state index contributed by atoms with van der Waals surface area (Å²) in [4.78, 5) is 51.9. The summed E-state index contributed by atoms with van der Waals surface area (Å²) in [6, 6.07) is 4.94. The lowest BCUT2D eigenvalue weighted by atomic mass is 9.85. The molecule has 31 heavy (non-hydrogen) atoms. The van der Waals surface area contributed by atoms with Crippen LogP contribution in [-0.4, -0.2) is 41.1 Å². The molecule has 2 saturated carbocycles. The molecule has 7 heteroatoms. The number of halogens is 1. The van der Waals surface area contributed by atoms with Gasteiger partial charge in [-0.15, -0.1) is 0 Å². The van der Waals surface area contributed by atoms with Crippen LogP contribution in [0.25, 0.3) is 0 Å². The fraction of sp³-hybridized carbons (Fsp3) is 0.500. The Morgan fingerprint density at radius 3 is 2.10 bits per heavy atom. The standard InChI is InChI=1S/C24H24FNO5/c25-17-7-3-13(4-8-17)19(27)12-31-24(30)14-5-9-18(10-6-14)26-22(28)20-15-1-2-16(11-15)21(20)23(26)29/h1-4,7-8,14-16,18,20-21H,5-6,9-12H2/t14?,15-,16-,18?,20+,21+/m0/s1. The number of amides is 2. The number of esters is 1. The summed E-state index contributed by atoms with van der Waals surface area (Å²) in [5, 5.41) is 0. The van der Waals surface area contributed by atoms with E-state index >= 15 is 0 Å². The van der Waals surface area contributed by atoms with Gasteiger partial charge in [-0.1, -0.05) is 12.2 Å².